The number of rotatable bonds is 6. The first kappa shape index (κ1) is 34.8. The molecule has 11 heteroatoms. The van der Waals surface area contributed by atoms with Crippen LogP contribution >= 0.6 is 0 Å². The normalized spacial score (nSPS) is 52.0. The molecule has 5 fully saturated rings. The molecule has 0 bridgehead atoms. The van der Waals surface area contributed by atoms with E-state index in [2.05, 4.69) is 32.6 Å². The van der Waals surface area contributed by atoms with Gasteiger partial charge in [0.15, 0.2) is 12.6 Å². The van der Waals surface area contributed by atoms with E-state index in [0.717, 1.165) is 25.7 Å². The Morgan fingerprint density at radius 1 is 0.833 bits per heavy atom. The van der Waals surface area contributed by atoms with Gasteiger partial charge in [-0.3, -0.25) is 0 Å². The molecule has 11 nitrogen and oxygen atoms in total. The van der Waals surface area contributed by atoms with Gasteiger partial charge in [-0.2, -0.15) is 0 Å². The Morgan fingerprint density at radius 3 is 2.33 bits per heavy atom. The molecule has 0 aromatic rings. The molecule has 17 atom stereocenters. The highest BCUT2D eigenvalue weighted by molar-refractivity contribution is 5.33. The van der Waals surface area contributed by atoms with E-state index < -0.39 is 68.0 Å². The molecule has 6 N–H and O–H groups in total. The molecule has 17 unspecified atom stereocenters. The van der Waals surface area contributed by atoms with Gasteiger partial charge in [0, 0.05) is 0 Å². The summed E-state index contributed by atoms with van der Waals surface area (Å²) < 4.78 is 29.3. The maximum Gasteiger partial charge on any atom is 0.187 e. The maximum atomic E-state index is 11.3. The number of aliphatic hydroxyl groups is 6. The quantitative estimate of drug-likeness (QED) is 0.229. The van der Waals surface area contributed by atoms with Gasteiger partial charge < -0.3 is 54.3 Å². The highest BCUT2D eigenvalue weighted by Crippen LogP contribution is 2.67. The smallest absolute Gasteiger partial charge is 0.187 e. The average Bonchev–Trinajstić information content (AvgIpc) is 3.43. The predicted octanol–water partition coefficient (Wildman–Crippen LogP) is 2.59. The van der Waals surface area contributed by atoms with Crippen molar-refractivity contribution in [3.05, 3.63) is 48.0 Å². The third-order valence-electron chi connectivity index (χ3n) is 13.5. The summed E-state index contributed by atoms with van der Waals surface area (Å²) in [5, 5.41) is 62.6. The minimum Gasteiger partial charge on any atom is -0.465 e. The van der Waals surface area contributed by atoms with Crippen molar-refractivity contribution in [3.8, 4) is 0 Å². The second-order valence-corrected chi connectivity index (χ2v) is 15.9. The fourth-order valence-corrected chi connectivity index (χ4v) is 10.7. The van der Waals surface area contributed by atoms with Crippen LogP contribution in [-0.2, 0) is 23.7 Å². The monoisotopic (exact) mass is 674 g/mol. The van der Waals surface area contributed by atoms with Crippen molar-refractivity contribution in [1.82, 2.24) is 0 Å². The Hall–Kier alpha value is -1.64. The zero-order chi connectivity index (χ0) is 34.1. The summed E-state index contributed by atoms with van der Waals surface area (Å²) in [5.41, 5.74) is 3.09. The van der Waals surface area contributed by atoms with Crippen LogP contribution in [0.3, 0.4) is 0 Å². The van der Waals surface area contributed by atoms with Crippen molar-refractivity contribution in [2.45, 2.75) is 140 Å². The second kappa shape index (κ2) is 13.2. The van der Waals surface area contributed by atoms with Crippen LogP contribution in [0.25, 0.3) is 0 Å². The Kier molecular flexibility index (Phi) is 9.54. The molecular formula is C37H54O11. The SMILES string of the molecule is C=C1C=CC(C2CCC3C4CCC5=CC(OC6OC(C)C(O)C(OC7OC(CO)C(O)C(O)C7O)C6O)CCC5(C)C4CCC23C)=CO1. The molecule has 2 saturated heterocycles. The molecule has 0 radical (unpaired) electrons. The van der Waals surface area contributed by atoms with Gasteiger partial charge in [0.25, 0.3) is 0 Å². The van der Waals surface area contributed by atoms with E-state index in [4.69, 9.17) is 23.7 Å². The van der Waals surface area contributed by atoms with Crippen LogP contribution in [0.5, 0.6) is 0 Å². The van der Waals surface area contributed by atoms with Gasteiger partial charge in [-0.05, 0) is 104 Å². The molecule has 4 aliphatic carbocycles. The Morgan fingerprint density at radius 2 is 1.60 bits per heavy atom. The van der Waals surface area contributed by atoms with Crippen molar-refractivity contribution >= 4 is 0 Å². The molecular weight excluding hydrogens is 620 g/mol. The van der Waals surface area contributed by atoms with Crippen LogP contribution in [-0.4, -0.2) is 105 Å². The zero-order valence-electron chi connectivity index (χ0n) is 28.3. The van der Waals surface area contributed by atoms with E-state index in [1.165, 1.54) is 36.8 Å². The lowest BCUT2D eigenvalue weighted by atomic mass is 9.46. The standard InChI is InChI=1S/C37H54O11/c1-18-5-6-20(17-44-18)24-9-10-25-23-8-7-21-15-22(11-13-36(21,3)26(23)12-14-37(24,25)4)46-35-32(43)33(28(39)19(2)45-35)48-34-31(42)30(41)29(40)27(16-38)47-34/h5-6,15,17,19,22-35,38-43H,1,7-14,16H2,2-4H3. The van der Waals surface area contributed by atoms with E-state index in [1.54, 1.807) is 6.92 Å². The lowest BCUT2D eigenvalue weighted by Gasteiger charge is -2.59. The molecule has 268 valence electrons. The molecule has 0 spiro atoms. The minimum absolute atomic E-state index is 0.0946. The van der Waals surface area contributed by atoms with E-state index in [1.807, 2.05) is 12.3 Å². The topological polar surface area (TPSA) is 168 Å². The Labute approximate surface area is 282 Å². The van der Waals surface area contributed by atoms with Gasteiger partial charge in [0.05, 0.1) is 25.1 Å². The Bertz CT molecular complexity index is 1310. The Balaban J connectivity index is 1.02. The van der Waals surface area contributed by atoms with Crippen LogP contribution in [0.15, 0.2) is 48.0 Å². The molecule has 0 aromatic heterocycles. The third kappa shape index (κ3) is 5.76. The largest absolute Gasteiger partial charge is 0.465 e. The molecule has 7 rings (SSSR count). The van der Waals surface area contributed by atoms with Crippen LogP contribution in [0.1, 0.15) is 72.1 Å². The fraction of sp³-hybridized carbons (Fsp3) is 0.784. The van der Waals surface area contributed by atoms with Crippen molar-refractivity contribution < 1.29 is 54.3 Å². The van der Waals surface area contributed by atoms with Crippen molar-refractivity contribution in [2.75, 3.05) is 6.61 Å². The first-order valence-electron chi connectivity index (χ1n) is 17.9. The van der Waals surface area contributed by atoms with E-state index in [0.29, 0.717) is 29.4 Å². The summed E-state index contributed by atoms with van der Waals surface area (Å²) >= 11 is 0. The van der Waals surface area contributed by atoms with Crippen molar-refractivity contribution in [2.24, 2.45) is 34.5 Å². The van der Waals surface area contributed by atoms with Crippen LogP contribution in [0.4, 0.5) is 0 Å². The van der Waals surface area contributed by atoms with Crippen LogP contribution in [0, 0.1) is 34.5 Å². The second-order valence-electron chi connectivity index (χ2n) is 15.9. The summed E-state index contributed by atoms with van der Waals surface area (Å²) in [7, 11) is 0. The first-order chi connectivity index (χ1) is 22.9. The predicted molar refractivity (Wildman–Crippen MR) is 173 cm³/mol. The summed E-state index contributed by atoms with van der Waals surface area (Å²) in [6.07, 6.45) is 3.42. The number of hydrogen-bond acceptors (Lipinski definition) is 11. The number of fused-ring (bicyclic) bond motifs is 5. The van der Waals surface area contributed by atoms with E-state index in [9.17, 15) is 30.6 Å². The summed E-state index contributed by atoms with van der Waals surface area (Å²) in [6.45, 7) is 9.91. The van der Waals surface area contributed by atoms with Gasteiger partial charge in [-0.25, -0.2) is 0 Å². The van der Waals surface area contributed by atoms with Crippen LogP contribution < -0.4 is 0 Å². The molecule has 3 heterocycles. The third-order valence-corrected chi connectivity index (χ3v) is 13.5. The summed E-state index contributed by atoms with van der Waals surface area (Å²) in [4.78, 5) is 0. The highest BCUT2D eigenvalue weighted by Gasteiger charge is 2.60. The van der Waals surface area contributed by atoms with Gasteiger partial charge in [-0.1, -0.05) is 38.2 Å². The fourth-order valence-electron chi connectivity index (χ4n) is 10.7. The molecule has 48 heavy (non-hydrogen) atoms. The molecule has 3 aliphatic heterocycles. The number of allylic oxidation sites excluding steroid dienone is 4. The average molecular weight is 675 g/mol. The van der Waals surface area contributed by atoms with Gasteiger partial charge in [-0.15, -0.1) is 0 Å². The summed E-state index contributed by atoms with van der Waals surface area (Å²) in [5.74, 6) is 3.19. The van der Waals surface area contributed by atoms with Gasteiger partial charge in [0.2, 0.25) is 0 Å². The summed E-state index contributed by atoms with van der Waals surface area (Å²) in [6, 6.07) is 0. The first-order valence-corrected chi connectivity index (χ1v) is 17.9. The van der Waals surface area contributed by atoms with Crippen molar-refractivity contribution in [1.29, 1.82) is 0 Å². The zero-order valence-corrected chi connectivity index (χ0v) is 28.3. The number of aliphatic hydroxyl groups excluding tert-OH is 6. The van der Waals surface area contributed by atoms with E-state index in [-0.39, 0.29) is 16.9 Å². The van der Waals surface area contributed by atoms with Crippen LogP contribution in [0.2, 0.25) is 0 Å². The van der Waals surface area contributed by atoms with Gasteiger partial charge >= 0.3 is 0 Å². The molecule has 0 aromatic carbocycles. The lowest BCUT2D eigenvalue weighted by molar-refractivity contribution is -0.359. The molecule has 3 saturated carbocycles. The van der Waals surface area contributed by atoms with Crippen molar-refractivity contribution in [3.63, 3.8) is 0 Å². The molecule has 0 amide bonds. The van der Waals surface area contributed by atoms with E-state index >= 15 is 0 Å². The lowest BCUT2D eigenvalue weighted by Crippen LogP contribution is -2.64. The molecule has 7 aliphatic rings. The minimum atomic E-state index is -1.67. The highest BCUT2D eigenvalue weighted by atomic mass is 16.7. The van der Waals surface area contributed by atoms with Gasteiger partial charge in [0.1, 0.15) is 48.5 Å². The number of ether oxygens (including phenoxy) is 5. The number of hydrogen-bond donors (Lipinski definition) is 6. The maximum absolute atomic E-state index is 11.3.